The lowest BCUT2D eigenvalue weighted by Crippen LogP contribution is -2.41. The van der Waals surface area contributed by atoms with Gasteiger partial charge in [0.05, 0.1) is 11.8 Å². The summed E-state index contributed by atoms with van der Waals surface area (Å²) < 4.78 is 8.26. The van der Waals surface area contributed by atoms with E-state index in [0.29, 0.717) is 0 Å². The summed E-state index contributed by atoms with van der Waals surface area (Å²) in [5.74, 6) is 0.725. The van der Waals surface area contributed by atoms with Gasteiger partial charge in [-0.2, -0.15) is 0 Å². The van der Waals surface area contributed by atoms with E-state index in [1.54, 1.807) is 6.20 Å². The number of rotatable bonds is 3. The topological polar surface area (TPSA) is 39.4 Å². The minimum Gasteiger partial charge on any atom is -0.409 e. The molecular formula is C14H23N3OSi. The van der Waals surface area contributed by atoms with E-state index in [0.717, 1.165) is 11.5 Å². The van der Waals surface area contributed by atoms with Crippen LogP contribution in [-0.2, 0) is 4.43 Å². The summed E-state index contributed by atoms with van der Waals surface area (Å²) in [4.78, 5) is 8.77. The molecule has 0 fully saturated rings. The number of fused-ring (bicyclic) bond motifs is 1. The van der Waals surface area contributed by atoms with E-state index >= 15 is 0 Å². The van der Waals surface area contributed by atoms with Crippen LogP contribution in [0.4, 0.5) is 0 Å². The second-order valence-electron chi connectivity index (χ2n) is 6.51. The minimum atomic E-state index is -1.77. The summed E-state index contributed by atoms with van der Waals surface area (Å²) in [5.41, 5.74) is 0.948. The van der Waals surface area contributed by atoms with Crippen molar-refractivity contribution >= 4 is 14.1 Å². The van der Waals surface area contributed by atoms with Crippen LogP contribution < -0.4 is 0 Å². The molecule has 0 N–H and O–H groups in total. The van der Waals surface area contributed by atoms with Gasteiger partial charge in [0.25, 0.3) is 0 Å². The van der Waals surface area contributed by atoms with E-state index in [1.807, 2.05) is 22.9 Å². The van der Waals surface area contributed by atoms with Gasteiger partial charge in [-0.15, -0.1) is 0 Å². The highest BCUT2D eigenvalue weighted by molar-refractivity contribution is 6.74. The maximum absolute atomic E-state index is 6.35. The standard InChI is InChI=1S/C14H23N3OSi/c1-11(18-19(5,6)14(2,3)4)12-7-9-17-10-8-15-13(17)16-12/h7-11H,1-6H3. The van der Waals surface area contributed by atoms with Crippen molar-refractivity contribution in [2.45, 2.75) is 51.9 Å². The third kappa shape index (κ3) is 2.87. The molecule has 4 nitrogen and oxygen atoms in total. The maximum atomic E-state index is 6.35. The molecule has 19 heavy (non-hydrogen) atoms. The molecule has 2 rings (SSSR count). The van der Waals surface area contributed by atoms with Gasteiger partial charge >= 0.3 is 0 Å². The molecule has 2 aromatic rings. The lowest BCUT2D eigenvalue weighted by atomic mass is 10.2. The summed E-state index contributed by atoms with van der Waals surface area (Å²) in [6, 6.07) is 2.01. The SMILES string of the molecule is CC(O[Si](C)(C)C(C)(C)C)c1ccn2ccnc2n1. The molecule has 1 unspecified atom stereocenters. The van der Waals surface area contributed by atoms with Crippen LogP contribution in [-0.4, -0.2) is 22.7 Å². The first kappa shape index (κ1) is 14.2. The Bertz CT molecular complexity index is 571. The molecule has 104 valence electrons. The van der Waals surface area contributed by atoms with Gasteiger partial charge in [-0.1, -0.05) is 20.8 Å². The molecule has 0 aliphatic carbocycles. The zero-order valence-electron chi connectivity index (χ0n) is 12.6. The van der Waals surface area contributed by atoms with Crippen LogP contribution in [0, 0.1) is 0 Å². The monoisotopic (exact) mass is 277 g/mol. The molecule has 5 heteroatoms. The van der Waals surface area contributed by atoms with Crippen molar-refractivity contribution in [2.75, 3.05) is 0 Å². The first-order valence-electron chi connectivity index (χ1n) is 6.68. The molecule has 0 saturated heterocycles. The summed E-state index contributed by atoms with van der Waals surface area (Å²) in [5, 5.41) is 0.207. The average Bonchev–Trinajstić information content (AvgIpc) is 2.73. The summed E-state index contributed by atoms with van der Waals surface area (Å²) in [6.07, 6.45) is 5.63. The quantitative estimate of drug-likeness (QED) is 0.801. The fraction of sp³-hybridized carbons (Fsp3) is 0.571. The summed E-state index contributed by atoms with van der Waals surface area (Å²) in [6.45, 7) is 13.3. The van der Waals surface area contributed by atoms with Crippen LogP contribution in [0.1, 0.15) is 39.5 Å². The van der Waals surface area contributed by atoms with Crippen LogP contribution in [0.5, 0.6) is 0 Å². The van der Waals surface area contributed by atoms with Crippen molar-refractivity contribution in [1.82, 2.24) is 14.4 Å². The van der Waals surface area contributed by atoms with E-state index in [2.05, 4.69) is 50.8 Å². The van der Waals surface area contributed by atoms with E-state index in [1.165, 1.54) is 0 Å². The van der Waals surface area contributed by atoms with Crippen molar-refractivity contribution in [3.8, 4) is 0 Å². The van der Waals surface area contributed by atoms with Gasteiger partial charge in [-0.25, -0.2) is 9.97 Å². The molecule has 0 radical (unpaired) electrons. The zero-order chi connectivity index (χ0) is 14.3. The molecule has 0 aliphatic heterocycles. The molecule has 0 spiro atoms. The Morgan fingerprint density at radius 1 is 1.26 bits per heavy atom. The largest absolute Gasteiger partial charge is 0.409 e. The van der Waals surface area contributed by atoms with Crippen LogP contribution in [0.3, 0.4) is 0 Å². The van der Waals surface area contributed by atoms with Gasteiger partial charge < -0.3 is 4.43 Å². The van der Waals surface area contributed by atoms with Crippen molar-refractivity contribution in [1.29, 1.82) is 0 Å². The second kappa shape index (κ2) is 4.72. The van der Waals surface area contributed by atoms with E-state index in [-0.39, 0.29) is 11.1 Å². The van der Waals surface area contributed by atoms with E-state index in [9.17, 15) is 0 Å². The molecule has 0 aromatic carbocycles. The van der Waals surface area contributed by atoms with Crippen molar-refractivity contribution < 1.29 is 4.43 Å². The Hall–Kier alpha value is -1.20. The van der Waals surface area contributed by atoms with Crippen LogP contribution in [0.25, 0.3) is 5.78 Å². The predicted octanol–water partition coefficient (Wildman–Crippen LogP) is 3.81. The Kier molecular flexibility index (Phi) is 3.53. The first-order valence-corrected chi connectivity index (χ1v) is 9.59. The maximum Gasteiger partial charge on any atom is 0.233 e. The number of hydrogen-bond donors (Lipinski definition) is 0. The lowest BCUT2D eigenvalue weighted by Gasteiger charge is -2.38. The smallest absolute Gasteiger partial charge is 0.233 e. The van der Waals surface area contributed by atoms with Crippen molar-refractivity contribution in [3.05, 3.63) is 30.4 Å². The zero-order valence-corrected chi connectivity index (χ0v) is 13.6. The van der Waals surface area contributed by atoms with Crippen molar-refractivity contribution in [3.63, 3.8) is 0 Å². The highest BCUT2D eigenvalue weighted by Gasteiger charge is 2.38. The molecule has 0 amide bonds. The first-order chi connectivity index (χ1) is 8.71. The Morgan fingerprint density at radius 2 is 1.95 bits per heavy atom. The molecular weight excluding hydrogens is 254 g/mol. The highest BCUT2D eigenvalue weighted by Crippen LogP contribution is 2.39. The normalized spacial score (nSPS) is 14.8. The summed E-state index contributed by atoms with van der Waals surface area (Å²) >= 11 is 0. The fourth-order valence-corrected chi connectivity index (χ4v) is 3.08. The van der Waals surface area contributed by atoms with Crippen LogP contribution in [0.15, 0.2) is 24.7 Å². The fourth-order valence-electron chi connectivity index (χ4n) is 1.72. The van der Waals surface area contributed by atoms with Crippen LogP contribution >= 0.6 is 0 Å². The van der Waals surface area contributed by atoms with Gasteiger partial charge in [0.1, 0.15) is 0 Å². The minimum absolute atomic E-state index is 0.00240. The van der Waals surface area contributed by atoms with Gasteiger partial charge in [0, 0.05) is 18.6 Å². The number of aromatic nitrogens is 3. The Morgan fingerprint density at radius 3 is 2.58 bits per heavy atom. The van der Waals surface area contributed by atoms with Gasteiger partial charge in [-0.05, 0) is 31.1 Å². The molecule has 0 aliphatic rings. The van der Waals surface area contributed by atoms with E-state index < -0.39 is 8.32 Å². The molecule has 2 aromatic heterocycles. The third-order valence-electron chi connectivity index (χ3n) is 3.98. The van der Waals surface area contributed by atoms with Gasteiger partial charge in [0.2, 0.25) is 5.78 Å². The van der Waals surface area contributed by atoms with Gasteiger partial charge in [0.15, 0.2) is 8.32 Å². The van der Waals surface area contributed by atoms with Crippen LogP contribution in [0.2, 0.25) is 18.1 Å². The lowest BCUT2D eigenvalue weighted by molar-refractivity contribution is 0.198. The molecule has 1 atom stereocenters. The average molecular weight is 277 g/mol. The third-order valence-corrected chi connectivity index (χ3v) is 8.53. The molecule has 0 bridgehead atoms. The number of nitrogens with zero attached hydrogens (tertiary/aromatic N) is 3. The molecule has 0 saturated carbocycles. The van der Waals surface area contributed by atoms with E-state index in [4.69, 9.17) is 4.43 Å². The Balaban J connectivity index is 2.22. The van der Waals surface area contributed by atoms with Crippen molar-refractivity contribution in [2.24, 2.45) is 0 Å². The summed E-state index contributed by atoms with van der Waals surface area (Å²) in [7, 11) is -1.77. The Labute approximate surface area is 116 Å². The van der Waals surface area contributed by atoms with Gasteiger partial charge in [-0.3, -0.25) is 4.40 Å². The second-order valence-corrected chi connectivity index (χ2v) is 11.3. The predicted molar refractivity (Wildman–Crippen MR) is 79.7 cm³/mol. The number of imidazole rings is 1. The number of hydrogen-bond acceptors (Lipinski definition) is 3. The molecule has 2 heterocycles. The highest BCUT2D eigenvalue weighted by atomic mass is 28.4.